The fourth-order valence-corrected chi connectivity index (χ4v) is 4.21. The highest BCUT2D eigenvalue weighted by molar-refractivity contribution is 8.14. The Balaban J connectivity index is 1.66. The second-order valence-electron chi connectivity index (χ2n) is 7.14. The molecule has 0 spiro atoms. The first-order valence-corrected chi connectivity index (χ1v) is 11.1. The lowest BCUT2D eigenvalue weighted by Crippen LogP contribution is -2.09. The normalized spacial score (nSPS) is 16.2. The Hall–Kier alpha value is -2.53. The van der Waals surface area contributed by atoms with E-state index in [2.05, 4.69) is 6.92 Å². The molecule has 3 rings (SSSR count). The van der Waals surface area contributed by atoms with Gasteiger partial charge < -0.3 is 10.5 Å². The standard InChI is InChI=1S/C24H27NO3S/c1-2-3-4-5-9-15-29-24(27)19-14-10-13-18(16-19)20-21(26)22(28-23(20)25)17-11-7-6-8-12-17/h6-8,10-14,16,22H,2-5,9,15,25H2,1H3. The Morgan fingerprint density at radius 3 is 2.55 bits per heavy atom. The van der Waals surface area contributed by atoms with Crippen LogP contribution in [0.1, 0.15) is 66.6 Å². The highest BCUT2D eigenvalue weighted by Gasteiger charge is 2.36. The van der Waals surface area contributed by atoms with Gasteiger partial charge in [-0.3, -0.25) is 9.59 Å². The maximum absolute atomic E-state index is 12.9. The molecule has 1 aliphatic rings. The Morgan fingerprint density at radius 1 is 1.03 bits per heavy atom. The number of Topliss-reactive ketones (excluding diaryl/α,β-unsaturated/α-hetero) is 1. The molecule has 2 aromatic rings. The summed E-state index contributed by atoms with van der Waals surface area (Å²) in [5.74, 6) is 0.745. The number of hydrogen-bond acceptors (Lipinski definition) is 5. The van der Waals surface area contributed by atoms with E-state index in [1.807, 2.05) is 30.3 Å². The van der Waals surface area contributed by atoms with Gasteiger partial charge >= 0.3 is 0 Å². The lowest BCUT2D eigenvalue weighted by atomic mass is 9.96. The molecule has 0 aromatic heterocycles. The van der Waals surface area contributed by atoms with Crippen molar-refractivity contribution in [1.29, 1.82) is 0 Å². The molecule has 2 N–H and O–H groups in total. The smallest absolute Gasteiger partial charge is 0.219 e. The van der Waals surface area contributed by atoms with Crippen molar-refractivity contribution in [2.45, 2.75) is 45.1 Å². The summed E-state index contributed by atoms with van der Waals surface area (Å²) in [6.07, 6.45) is 5.15. The lowest BCUT2D eigenvalue weighted by molar-refractivity contribution is -0.120. The van der Waals surface area contributed by atoms with E-state index in [-0.39, 0.29) is 16.8 Å². The monoisotopic (exact) mass is 409 g/mol. The zero-order valence-corrected chi connectivity index (χ0v) is 17.5. The molecule has 5 heteroatoms. The molecule has 4 nitrogen and oxygen atoms in total. The molecule has 0 bridgehead atoms. The van der Waals surface area contributed by atoms with Gasteiger partial charge in [-0.05, 0) is 18.1 Å². The van der Waals surface area contributed by atoms with Crippen molar-refractivity contribution in [1.82, 2.24) is 0 Å². The zero-order valence-electron chi connectivity index (χ0n) is 16.7. The van der Waals surface area contributed by atoms with Gasteiger partial charge in [0.2, 0.25) is 10.9 Å². The summed E-state index contributed by atoms with van der Waals surface area (Å²) in [7, 11) is 0. The molecule has 0 amide bonds. The van der Waals surface area contributed by atoms with Crippen LogP contribution in [0.2, 0.25) is 0 Å². The molecule has 1 heterocycles. The van der Waals surface area contributed by atoms with Gasteiger partial charge in [-0.25, -0.2) is 0 Å². The fraction of sp³-hybridized carbons (Fsp3) is 0.333. The van der Waals surface area contributed by atoms with Crippen molar-refractivity contribution in [3.63, 3.8) is 0 Å². The number of nitrogens with two attached hydrogens (primary N) is 1. The van der Waals surface area contributed by atoms with Crippen LogP contribution in [0.15, 0.2) is 60.5 Å². The molecule has 2 aromatic carbocycles. The van der Waals surface area contributed by atoms with Gasteiger partial charge in [0.05, 0.1) is 5.57 Å². The summed E-state index contributed by atoms with van der Waals surface area (Å²) in [6, 6.07) is 16.4. The van der Waals surface area contributed by atoms with E-state index < -0.39 is 6.10 Å². The van der Waals surface area contributed by atoms with Crippen LogP contribution in [0.5, 0.6) is 0 Å². The number of thioether (sulfide) groups is 1. The van der Waals surface area contributed by atoms with Gasteiger partial charge in [0.1, 0.15) is 0 Å². The van der Waals surface area contributed by atoms with Gasteiger partial charge in [0.25, 0.3) is 0 Å². The summed E-state index contributed by atoms with van der Waals surface area (Å²) in [5.41, 5.74) is 8.36. The molecule has 0 saturated carbocycles. The van der Waals surface area contributed by atoms with Crippen LogP contribution in [-0.2, 0) is 9.53 Å². The molecule has 0 saturated heterocycles. The molecular weight excluding hydrogens is 382 g/mol. The van der Waals surface area contributed by atoms with Crippen molar-refractivity contribution in [3.05, 3.63) is 77.2 Å². The third kappa shape index (κ3) is 5.30. The third-order valence-corrected chi connectivity index (χ3v) is 5.94. The number of rotatable bonds is 9. The molecule has 0 radical (unpaired) electrons. The molecule has 0 fully saturated rings. The number of benzene rings is 2. The maximum atomic E-state index is 12.9. The number of ether oxygens (including phenoxy) is 1. The van der Waals surface area contributed by atoms with Crippen LogP contribution >= 0.6 is 11.8 Å². The van der Waals surface area contributed by atoms with Crippen LogP contribution in [-0.4, -0.2) is 16.7 Å². The molecule has 1 aliphatic heterocycles. The minimum atomic E-state index is -0.733. The molecule has 152 valence electrons. The van der Waals surface area contributed by atoms with Crippen LogP contribution in [0.4, 0.5) is 0 Å². The molecular formula is C24H27NO3S. The topological polar surface area (TPSA) is 69.4 Å². The van der Waals surface area contributed by atoms with Crippen molar-refractivity contribution < 1.29 is 14.3 Å². The Labute approximate surface area is 176 Å². The predicted octanol–water partition coefficient (Wildman–Crippen LogP) is 5.50. The number of carbonyl (C=O) groups is 2. The first-order valence-electron chi connectivity index (χ1n) is 10.1. The first-order chi connectivity index (χ1) is 14.1. The number of carbonyl (C=O) groups excluding carboxylic acids is 2. The molecule has 29 heavy (non-hydrogen) atoms. The van der Waals surface area contributed by atoms with Crippen LogP contribution in [0.25, 0.3) is 5.57 Å². The summed E-state index contributed by atoms with van der Waals surface area (Å²) in [4.78, 5) is 25.5. The minimum Gasteiger partial charge on any atom is -0.462 e. The van der Waals surface area contributed by atoms with E-state index in [1.165, 1.54) is 31.0 Å². The Kier molecular flexibility index (Phi) is 7.53. The van der Waals surface area contributed by atoms with Crippen LogP contribution in [0.3, 0.4) is 0 Å². The van der Waals surface area contributed by atoms with Crippen LogP contribution in [0, 0.1) is 0 Å². The van der Waals surface area contributed by atoms with Gasteiger partial charge in [0, 0.05) is 16.9 Å². The lowest BCUT2D eigenvalue weighted by Gasteiger charge is -2.09. The van der Waals surface area contributed by atoms with E-state index >= 15 is 0 Å². The Bertz CT molecular complexity index is 892. The van der Waals surface area contributed by atoms with Crippen molar-refractivity contribution in [2.75, 3.05) is 5.75 Å². The second-order valence-corrected chi connectivity index (χ2v) is 8.21. The van der Waals surface area contributed by atoms with Gasteiger partial charge in [-0.1, -0.05) is 92.9 Å². The van der Waals surface area contributed by atoms with Crippen molar-refractivity contribution in [2.24, 2.45) is 5.73 Å². The van der Waals surface area contributed by atoms with Crippen molar-refractivity contribution >= 4 is 28.2 Å². The van der Waals surface area contributed by atoms with Crippen molar-refractivity contribution in [3.8, 4) is 0 Å². The zero-order chi connectivity index (χ0) is 20.6. The van der Waals surface area contributed by atoms with E-state index in [0.29, 0.717) is 16.7 Å². The molecule has 1 atom stereocenters. The average Bonchev–Trinajstić information content (AvgIpc) is 3.05. The van der Waals surface area contributed by atoms with E-state index in [9.17, 15) is 9.59 Å². The quantitative estimate of drug-likeness (QED) is 0.554. The van der Waals surface area contributed by atoms with E-state index in [0.717, 1.165) is 24.2 Å². The Morgan fingerprint density at radius 2 is 1.79 bits per heavy atom. The highest BCUT2D eigenvalue weighted by Crippen LogP contribution is 2.36. The molecule has 0 aliphatic carbocycles. The third-order valence-electron chi connectivity index (χ3n) is 4.95. The number of hydrogen-bond donors (Lipinski definition) is 1. The summed E-state index contributed by atoms with van der Waals surface area (Å²) >= 11 is 1.34. The predicted molar refractivity (Wildman–Crippen MR) is 118 cm³/mol. The SMILES string of the molecule is CCCCCCCSC(=O)c1cccc(C2=C(N)OC(c3ccccc3)C2=O)c1. The average molecular weight is 410 g/mol. The maximum Gasteiger partial charge on any atom is 0.219 e. The first kappa shape index (κ1) is 21.2. The van der Waals surface area contributed by atoms with Gasteiger partial charge in [-0.15, -0.1) is 0 Å². The number of ketones is 1. The second kappa shape index (κ2) is 10.3. The number of unbranched alkanes of at least 4 members (excludes halogenated alkanes) is 4. The largest absolute Gasteiger partial charge is 0.462 e. The van der Waals surface area contributed by atoms with E-state index in [1.54, 1.807) is 24.3 Å². The van der Waals surface area contributed by atoms with Gasteiger partial charge in [0.15, 0.2) is 12.0 Å². The summed E-state index contributed by atoms with van der Waals surface area (Å²) < 4.78 is 5.66. The summed E-state index contributed by atoms with van der Waals surface area (Å²) in [5, 5.41) is 0.0208. The highest BCUT2D eigenvalue weighted by atomic mass is 32.2. The fourth-order valence-electron chi connectivity index (χ4n) is 3.38. The minimum absolute atomic E-state index is 0.0208. The van der Waals surface area contributed by atoms with E-state index in [4.69, 9.17) is 10.5 Å². The molecule has 1 unspecified atom stereocenters. The van der Waals surface area contributed by atoms with Crippen LogP contribution < -0.4 is 5.73 Å². The summed E-state index contributed by atoms with van der Waals surface area (Å²) in [6.45, 7) is 2.19. The van der Waals surface area contributed by atoms with Gasteiger partial charge in [-0.2, -0.15) is 0 Å².